The maximum Gasteiger partial charge on any atom is 0.300 e. The number of carbonyl (C=O) groups is 1. The molecule has 0 saturated heterocycles. The molecule has 0 saturated carbocycles. The average Bonchev–Trinajstić information content (AvgIpc) is 2.05. The summed E-state index contributed by atoms with van der Waals surface area (Å²) in [5.74, 6) is 0.0764. The first-order chi connectivity index (χ1) is 5.66. The van der Waals surface area contributed by atoms with Crippen molar-refractivity contribution in [3.05, 3.63) is 30.3 Å². The largest absolute Gasteiger partial charge is 0.497 e. The van der Waals surface area contributed by atoms with E-state index in [1.54, 1.807) is 7.11 Å². The lowest BCUT2D eigenvalue weighted by molar-refractivity contribution is -0.134. The Morgan fingerprint density at radius 3 is 2.00 bits per heavy atom. The number of benzene rings is 1. The molecule has 1 N–H and O–H groups in total. The molecule has 1 aromatic carbocycles. The smallest absolute Gasteiger partial charge is 0.300 e. The van der Waals surface area contributed by atoms with Gasteiger partial charge in [0.25, 0.3) is 5.97 Å². The van der Waals surface area contributed by atoms with Gasteiger partial charge in [-0.25, -0.2) is 0 Å². The number of methoxy groups -OCH3 is 1. The lowest BCUT2D eigenvalue weighted by Gasteiger charge is -1.93. The first-order valence-electron chi connectivity index (χ1n) is 3.45. The van der Waals surface area contributed by atoms with Gasteiger partial charge in [0.2, 0.25) is 0 Å². The number of aliphatic carboxylic acids is 1. The minimum atomic E-state index is -0.833. The molecule has 0 fully saturated rings. The Morgan fingerprint density at radius 1 is 1.33 bits per heavy atom. The quantitative estimate of drug-likeness (QED) is 0.695. The molecule has 0 aliphatic carbocycles. The molecule has 0 aliphatic heterocycles. The van der Waals surface area contributed by atoms with Crippen molar-refractivity contribution in [2.24, 2.45) is 0 Å². The van der Waals surface area contributed by atoms with Gasteiger partial charge < -0.3 is 9.84 Å². The molecule has 66 valence electrons. The van der Waals surface area contributed by atoms with E-state index < -0.39 is 5.97 Å². The second-order valence-electron chi connectivity index (χ2n) is 2.04. The maximum absolute atomic E-state index is 9.00. The van der Waals surface area contributed by atoms with Crippen LogP contribution < -0.4 is 4.74 Å². The lowest BCUT2D eigenvalue weighted by atomic mass is 10.3. The second-order valence-corrected chi connectivity index (χ2v) is 2.04. The van der Waals surface area contributed by atoms with Gasteiger partial charge in [0.15, 0.2) is 0 Å². The molecular formula is C9H12O3. The van der Waals surface area contributed by atoms with Gasteiger partial charge in [0.05, 0.1) is 7.11 Å². The van der Waals surface area contributed by atoms with Crippen LogP contribution in [0, 0.1) is 0 Å². The van der Waals surface area contributed by atoms with Crippen molar-refractivity contribution in [3.63, 3.8) is 0 Å². The van der Waals surface area contributed by atoms with Gasteiger partial charge in [-0.15, -0.1) is 0 Å². The Bertz CT molecular complexity index is 214. The Morgan fingerprint density at radius 2 is 1.75 bits per heavy atom. The zero-order chi connectivity index (χ0) is 9.40. The molecule has 0 amide bonds. The molecule has 1 aromatic rings. The third kappa shape index (κ3) is 6.61. The summed E-state index contributed by atoms with van der Waals surface area (Å²) in [5, 5.41) is 7.42. The number of carboxylic acids is 1. The molecule has 0 spiro atoms. The molecular weight excluding hydrogens is 156 g/mol. The van der Waals surface area contributed by atoms with E-state index in [1.807, 2.05) is 30.3 Å². The number of ether oxygens (including phenoxy) is 1. The number of hydrogen-bond acceptors (Lipinski definition) is 2. The Balaban J connectivity index is 0.000000261. The van der Waals surface area contributed by atoms with E-state index in [0.717, 1.165) is 12.7 Å². The van der Waals surface area contributed by atoms with Gasteiger partial charge in [-0.1, -0.05) is 18.2 Å². The fraction of sp³-hybridized carbons (Fsp3) is 0.222. The van der Waals surface area contributed by atoms with Crippen LogP contribution in [0.15, 0.2) is 30.3 Å². The summed E-state index contributed by atoms with van der Waals surface area (Å²) < 4.78 is 4.91. The Hall–Kier alpha value is -1.51. The molecule has 3 heteroatoms. The lowest BCUT2D eigenvalue weighted by Crippen LogP contribution is -1.78. The summed E-state index contributed by atoms with van der Waals surface area (Å²) in [6.45, 7) is 1.08. The molecule has 0 unspecified atom stereocenters. The van der Waals surface area contributed by atoms with E-state index in [2.05, 4.69) is 0 Å². The predicted octanol–water partition coefficient (Wildman–Crippen LogP) is 1.79. The SMILES string of the molecule is CC(=O)O.COc1ccccc1. The van der Waals surface area contributed by atoms with Gasteiger partial charge in [0, 0.05) is 6.92 Å². The van der Waals surface area contributed by atoms with Crippen molar-refractivity contribution in [1.29, 1.82) is 0 Å². The average molecular weight is 168 g/mol. The molecule has 0 heterocycles. The van der Waals surface area contributed by atoms with E-state index in [-0.39, 0.29) is 0 Å². The second kappa shape index (κ2) is 6.22. The van der Waals surface area contributed by atoms with E-state index in [1.165, 1.54) is 0 Å². The third-order valence-electron chi connectivity index (χ3n) is 0.979. The van der Waals surface area contributed by atoms with Crippen molar-refractivity contribution < 1.29 is 14.6 Å². The highest BCUT2D eigenvalue weighted by Crippen LogP contribution is 2.05. The van der Waals surface area contributed by atoms with E-state index >= 15 is 0 Å². The normalized spacial score (nSPS) is 7.83. The molecule has 12 heavy (non-hydrogen) atoms. The summed E-state index contributed by atoms with van der Waals surface area (Å²) in [7, 11) is 1.66. The van der Waals surface area contributed by atoms with Gasteiger partial charge >= 0.3 is 0 Å². The first kappa shape index (κ1) is 10.5. The van der Waals surface area contributed by atoms with Crippen molar-refractivity contribution in [3.8, 4) is 5.75 Å². The number of rotatable bonds is 1. The molecule has 0 aromatic heterocycles. The van der Waals surface area contributed by atoms with Crippen molar-refractivity contribution in [1.82, 2.24) is 0 Å². The number of carboxylic acid groups (broad SMARTS) is 1. The van der Waals surface area contributed by atoms with E-state index in [0.29, 0.717) is 0 Å². The number of para-hydroxylation sites is 1. The number of hydrogen-bond donors (Lipinski definition) is 1. The molecule has 3 nitrogen and oxygen atoms in total. The van der Waals surface area contributed by atoms with Crippen LogP contribution in [0.3, 0.4) is 0 Å². The molecule has 1 rings (SSSR count). The standard InChI is InChI=1S/C7H8O.C2H4O2/c1-8-7-5-3-2-4-6-7;1-2(3)4/h2-6H,1H3;1H3,(H,3,4). The molecule has 0 bridgehead atoms. The third-order valence-corrected chi connectivity index (χ3v) is 0.979. The molecule has 0 atom stereocenters. The minimum Gasteiger partial charge on any atom is -0.497 e. The summed E-state index contributed by atoms with van der Waals surface area (Å²) >= 11 is 0. The van der Waals surface area contributed by atoms with Crippen LogP contribution in [0.4, 0.5) is 0 Å². The summed E-state index contributed by atoms with van der Waals surface area (Å²) in [6, 6.07) is 9.68. The minimum absolute atomic E-state index is 0.833. The fourth-order valence-corrected chi connectivity index (χ4v) is 0.557. The maximum atomic E-state index is 9.00. The topological polar surface area (TPSA) is 46.5 Å². The van der Waals surface area contributed by atoms with Crippen LogP contribution in [-0.4, -0.2) is 18.2 Å². The predicted molar refractivity (Wildman–Crippen MR) is 46.3 cm³/mol. The Kier molecular flexibility index (Phi) is 5.43. The van der Waals surface area contributed by atoms with Gasteiger partial charge in [0.1, 0.15) is 5.75 Å². The highest BCUT2D eigenvalue weighted by atomic mass is 16.5. The van der Waals surface area contributed by atoms with Crippen molar-refractivity contribution in [2.75, 3.05) is 7.11 Å². The fourth-order valence-electron chi connectivity index (χ4n) is 0.557. The van der Waals surface area contributed by atoms with E-state index in [9.17, 15) is 0 Å². The summed E-state index contributed by atoms with van der Waals surface area (Å²) in [6.07, 6.45) is 0. The van der Waals surface area contributed by atoms with Crippen LogP contribution in [0.1, 0.15) is 6.92 Å². The summed E-state index contributed by atoms with van der Waals surface area (Å²) in [4.78, 5) is 9.00. The molecule has 0 aliphatic rings. The summed E-state index contributed by atoms with van der Waals surface area (Å²) in [5.41, 5.74) is 0. The zero-order valence-electron chi connectivity index (χ0n) is 7.15. The van der Waals surface area contributed by atoms with Gasteiger partial charge in [-0.2, -0.15) is 0 Å². The van der Waals surface area contributed by atoms with Gasteiger partial charge in [-0.3, -0.25) is 4.79 Å². The van der Waals surface area contributed by atoms with Crippen LogP contribution in [0.25, 0.3) is 0 Å². The highest BCUT2D eigenvalue weighted by molar-refractivity contribution is 5.62. The highest BCUT2D eigenvalue weighted by Gasteiger charge is 1.80. The van der Waals surface area contributed by atoms with Crippen LogP contribution in [0.5, 0.6) is 5.75 Å². The van der Waals surface area contributed by atoms with Crippen LogP contribution in [-0.2, 0) is 4.79 Å². The first-order valence-corrected chi connectivity index (χ1v) is 3.45. The van der Waals surface area contributed by atoms with Crippen LogP contribution in [0.2, 0.25) is 0 Å². The van der Waals surface area contributed by atoms with Gasteiger partial charge in [-0.05, 0) is 12.1 Å². The molecule has 0 radical (unpaired) electrons. The van der Waals surface area contributed by atoms with Crippen molar-refractivity contribution in [2.45, 2.75) is 6.92 Å². The zero-order valence-corrected chi connectivity index (χ0v) is 7.15. The Labute approximate surface area is 71.6 Å². The van der Waals surface area contributed by atoms with E-state index in [4.69, 9.17) is 14.6 Å². The monoisotopic (exact) mass is 168 g/mol. The van der Waals surface area contributed by atoms with Crippen molar-refractivity contribution >= 4 is 5.97 Å². The van der Waals surface area contributed by atoms with Crippen LogP contribution >= 0.6 is 0 Å².